The van der Waals surface area contributed by atoms with E-state index in [4.69, 9.17) is 4.74 Å². The predicted octanol–water partition coefficient (Wildman–Crippen LogP) is 2.48. The van der Waals surface area contributed by atoms with Crippen LogP contribution in [0.15, 0.2) is 0 Å². The molecule has 4 heteroatoms. The van der Waals surface area contributed by atoms with Gasteiger partial charge in [0.1, 0.15) is 5.82 Å². The number of methoxy groups -OCH3 is 1. The van der Waals surface area contributed by atoms with Gasteiger partial charge >= 0.3 is 5.97 Å². The van der Waals surface area contributed by atoms with E-state index in [-0.39, 0.29) is 5.97 Å². The van der Waals surface area contributed by atoms with Crippen molar-refractivity contribution in [1.82, 2.24) is 9.55 Å². The highest BCUT2D eigenvalue weighted by atomic mass is 16.5. The zero-order valence-electron chi connectivity index (χ0n) is 10.5. The molecule has 90 valence electrons. The minimum Gasteiger partial charge on any atom is -0.464 e. The van der Waals surface area contributed by atoms with Gasteiger partial charge in [0, 0.05) is 12.2 Å². The van der Waals surface area contributed by atoms with Crippen LogP contribution in [0.3, 0.4) is 0 Å². The minimum atomic E-state index is -0.352. The molecule has 0 aliphatic heterocycles. The molecule has 0 aliphatic carbocycles. The fourth-order valence-corrected chi connectivity index (χ4v) is 1.81. The van der Waals surface area contributed by atoms with Crippen LogP contribution in [0, 0.1) is 13.8 Å². The minimum absolute atomic E-state index is 0.352. The zero-order chi connectivity index (χ0) is 12.1. The normalized spacial score (nSPS) is 10.5. The maximum absolute atomic E-state index is 11.4. The van der Waals surface area contributed by atoms with E-state index in [1.54, 1.807) is 0 Å². The Balaban J connectivity index is 2.85. The third kappa shape index (κ3) is 2.62. The molecule has 16 heavy (non-hydrogen) atoms. The molecule has 0 bridgehead atoms. The first-order valence-corrected chi connectivity index (χ1v) is 5.73. The number of aromatic nitrogens is 2. The third-order valence-corrected chi connectivity index (χ3v) is 2.78. The van der Waals surface area contributed by atoms with Crippen LogP contribution in [0.25, 0.3) is 0 Å². The highest BCUT2D eigenvalue weighted by molar-refractivity contribution is 5.88. The first kappa shape index (κ1) is 12.7. The second-order valence-corrected chi connectivity index (χ2v) is 3.94. The van der Waals surface area contributed by atoms with Gasteiger partial charge in [-0.3, -0.25) is 0 Å². The number of imidazole rings is 1. The van der Waals surface area contributed by atoms with Gasteiger partial charge in [-0.25, -0.2) is 9.78 Å². The number of hydrogen-bond acceptors (Lipinski definition) is 3. The molecule has 1 heterocycles. The molecule has 0 N–H and O–H groups in total. The van der Waals surface area contributed by atoms with Crippen molar-refractivity contribution in [3.8, 4) is 0 Å². The van der Waals surface area contributed by atoms with Crippen molar-refractivity contribution in [2.45, 2.75) is 46.6 Å². The molecule has 0 atom stereocenters. The van der Waals surface area contributed by atoms with E-state index in [1.807, 2.05) is 13.8 Å². The van der Waals surface area contributed by atoms with E-state index in [0.29, 0.717) is 5.69 Å². The van der Waals surface area contributed by atoms with Crippen LogP contribution in [-0.4, -0.2) is 22.6 Å². The van der Waals surface area contributed by atoms with Crippen LogP contribution in [0.4, 0.5) is 0 Å². The number of rotatable bonds is 5. The van der Waals surface area contributed by atoms with Crippen molar-refractivity contribution in [1.29, 1.82) is 0 Å². The van der Waals surface area contributed by atoms with E-state index in [2.05, 4.69) is 16.5 Å². The Morgan fingerprint density at radius 3 is 2.62 bits per heavy atom. The SMILES string of the molecule is CCCCCn1c(C)nc(C(=O)OC)c1C. The van der Waals surface area contributed by atoms with Gasteiger partial charge in [0.2, 0.25) is 0 Å². The van der Waals surface area contributed by atoms with Gasteiger partial charge < -0.3 is 9.30 Å². The second kappa shape index (κ2) is 5.68. The molecule has 0 fully saturated rings. The molecule has 0 amide bonds. The maximum Gasteiger partial charge on any atom is 0.358 e. The average Bonchev–Trinajstić information content (AvgIpc) is 2.56. The summed E-state index contributed by atoms with van der Waals surface area (Å²) >= 11 is 0. The number of unbranched alkanes of at least 4 members (excludes halogenated alkanes) is 2. The molecule has 0 spiro atoms. The van der Waals surface area contributed by atoms with E-state index in [9.17, 15) is 4.79 Å². The standard InChI is InChI=1S/C12H20N2O2/c1-5-6-7-8-14-9(2)11(12(15)16-4)13-10(14)3/h5-8H2,1-4H3. The fraction of sp³-hybridized carbons (Fsp3) is 0.667. The Kier molecular flexibility index (Phi) is 4.52. The Morgan fingerprint density at radius 1 is 1.38 bits per heavy atom. The van der Waals surface area contributed by atoms with Crippen LogP contribution < -0.4 is 0 Å². The van der Waals surface area contributed by atoms with Gasteiger partial charge in [-0.15, -0.1) is 0 Å². The summed E-state index contributed by atoms with van der Waals surface area (Å²) in [6, 6.07) is 0. The molecule has 1 aromatic rings. The van der Waals surface area contributed by atoms with Gasteiger partial charge in [-0.2, -0.15) is 0 Å². The molecule has 1 aromatic heterocycles. The molecular weight excluding hydrogens is 204 g/mol. The van der Waals surface area contributed by atoms with Crippen molar-refractivity contribution in [2.24, 2.45) is 0 Å². The van der Waals surface area contributed by atoms with Crippen molar-refractivity contribution in [3.05, 3.63) is 17.2 Å². The topological polar surface area (TPSA) is 44.1 Å². The summed E-state index contributed by atoms with van der Waals surface area (Å²) in [5, 5.41) is 0. The molecule has 0 unspecified atom stereocenters. The lowest BCUT2D eigenvalue weighted by Gasteiger charge is -2.06. The predicted molar refractivity (Wildman–Crippen MR) is 62.6 cm³/mol. The summed E-state index contributed by atoms with van der Waals surface area (Å²) in [6.07, 6.45) is 3.51. The van der Waals surface area contributed by atoms with Gasteiger partial charge in [0.25, 0.3) is 0 Å². The summed E-state index contributed by atoms with van der Waals surface area (Å²) < 4.78 is 6.78. The van der Waals surface area contributed by atoms with E-state index >= 15 is 0 Å². The maximum atomic E-state index is 11.4. The van der Waals surface area contributed by atoms with Gasteiger partial charge in [0.05, 0.1) is 7.11 Å². The highest BCUT2D eigenvalue weighted by Crippen LogP contribution is 2.13. The number of esters is 1. The lowest BCUT2D eigenvalue weighted by atomic mass is 10.2. The van der Waals surface area contributed by atoms with E-state index in [0.717, 1.165) is 24.5 Å². The van der Waals surface area contributed by atoms with Crippen molar-refractivity contribution < 1.29 is 9.53 Å². The zero-order valence-corrected chi connectivity index (χ0v) is 10.5. The molecule has 0 radical (unpaired) electrons. The second-order valence-electron chi connectivity index (χ2n) is 3.94. The molecule has 0 saturated heterocycles. The summed E-state index contributed by atoms with van der Waals surface area (Å²) in [7, 11) is 1.38. The van der Waals surface area contributed by atoms with Crippen LogP contribution in [0.1, 0.15) is 48.2 Å². The molecule has 1 rings (SSSR count). The number of hydrogen-bond donors (Lipinski definition) is 0. The van der Waals surface area contributed by atoms with Gasteiger partial charge in [-0.1, -0.05) is 19.8 Å². The quantitative estimate of drug-likeness (QED) is 0.570. The molecule has 4 nitrogen and oxygen atoms in total. The van der Waals surface area contributed by atoms with Crippen molar-refractivity contribution in [2.75, 3.05) is 7.11 Å². The lowest BCUT2D eigenvalue weighted by molar-refractivity contribution is 0.0593. The summed E-state index contributed by atoms with van der Waals surface area (Å²) in [5.41, 5.74) is 1.34. The molecule has 0 aromatic carbocycles. The van der Waals surface area contributed by atoms with Crippen LogP contribution >= 0.6 is 0 Å². The highest BCUT2D eigenvalue weighted by Gasteiger charge is 2.17. The third-order valence-electron chi connectivity index (χ3n) is 2.78. The smallest absolute Gasteiger partial charge is 0.358 e. The largest absolute Gasteiger partial charge is 0.464 e. The van der Waals surface area contributed by atoms with Crippen molar-refractivity contribution >= 4 is 5.97 Å². The number of carbonyl (C=O) groups is 1. The summed E-state index contributed by atoms with van der Waals surface area (Å²) in [6.45, 7) is 6.94. The Morgan fingerprint density at radius 2 is 2.06 bits per heavy atom. The number of aryl methyl sites for hydroxylation is 1. The Hall–Kier alpha value is -1.32. The number of nitrogens with zero attached hydrogens (tertiary/aromatic N) is 2. The Bertz CT molecular complexity index is 369. The Labute approximate surface area is 96.6 Å². The lowest BCUT2D eigenvalue weighted by Crippen LogP contribution is -2.06. The summed E-state index contributed by atoms with van der Waals surface area (Å²) in [5.74, 6) is 0.531. The van der Waals surface area contributed by atoms with Crippen molar-refractivity contribution in [3.63, 3.8) is 0 Å². The average molecular weight is 224 g/mol. The molecule has 0 saturated carbocycles. The van der Waals surface area contributed by atoms with Crippen LogP contribution in [-0.2, 0) is 11.3 Å². The first-order valence-electron chi connectivity index (χ1n) is 5.73. The van der Waals surface area contributed by atoms with Crippen LogP contribution in [0.5, 0.6) is 0 Å². The summed E-state index contributed by atoms with van der Waals surface area (Å²) in [4.78, 5) is 15.7. The number of ether oxygens (including phenoxy) is 1. The molecular formula is C12H20N2O2. The van der Waals surface area contributed by atoms with Gasteiger partial charge in [-0.05, 0) is 20.3 Å². The van der Waals surface area contributed by atoms with Crippen LogP contribution in [0.2, 0.25) is 0 Å². The fourth-order valence-electron chi connectivity index (χ4n) is 1.81. The first-order chi connectivity index (χ1) is 7.61. The molecule has 0 aliphatic rings. The number of carbonyl (C=O) groups excluding carboxylic acids is 1. The van der Waals surface area contributed by atoms with E-state index in [1.165, 1.54) is 20.0 Å². The van der Waals surface area contributed by atoms with Gasteiger partial charge in [0.15, 0.2) is 5.69 Å². The monoisotopic (exact) mass is 224 g/mol. The van der Waals surface area contributed by atoms with E-state index < -0.39 is 0 Å².